The molecule has 140 valence electrons. The lowest BCUT2D eigenvalue weighted by molar-refractivity contribution is -0.125. The minimum atomic E-state index is -0.653. The highest BCUT2D eigenvalue weighted by atomic mass is 35.5. The summed E-state index contributed by atoms with van der Waals surface area (Å²) in [6.45, 7) is 4.35. The van der Waals surface area contributed by atoms with Crippen LogP contribution in [-0.4, -0.2) is 37.0 Å². The van der Waals surface area contributed by atoms with Crippen LogP contribution in [0.3, 0.4) is 0 Å². The summed E-state index contributed by atoms with van der Waals surface area (Å²) in [6, 6.07) is 21.0. The molecule has 3 rings (SSSR count). The maximum absolute atomic E-state index is 13.2. The summed E-state index contributed by atoms with van der Waals surface area (Å²) in [6.07, 6.45) is 3.29. The molecule has 1 unspecified atom stereocenters. The van der Waals surface area contributed by atoms with E-state index in [1.165, 1.54) is 12.8 Å². The minimum Gasteiger partial charge on any atom is -0.358 e. The molecule has 0 saturated carbocycles. The molecule has 2 aromatic carbocycles. The highest BCUT2D eigenvalue weighted by molar-refractivity contribution is 5.92. The number of carbonyl (C=O) groups excluding carboxylic acids is 1. The van der Waals surface area contributed by atoms with Crippen LogP contribution in [0, 0.1) is 0 Å². The molecule has 1 amide bonds. The lowest BCUT2D eigenvalue weighted by atomic mass is 9.71. The van der Waals surface area contributed by atoms with E-state index in [0.717, 1.165) is 30.6 Å². The van der Waals surface area contributed by atoms with Gasteiger partial charge in [0.25, 0.3) is 0 Å². The molecule has 0 aromatic heterocycles. The summed E-state index contributed by atoms with van der Waals surface area (Å²) in [5, 5.41) is 2.93. The second-order valence-electron chi connectivity index (χ2n) is 6.99. The first-order chi connectivity index (χ1) is 12.2. The molecule has 1 atom stereocenters. The highest BCUT2D eigenvalue weighted by Gasteiger charge is 2.41. The number of likely N-dealkylation sites (tertiary alicyclic amines) is 1. The molecular formula is C22H29ClN2O. The summed E-state index contributed by atoms with van der Waals surface area (Å²) in [5.74, 6) is 0.0664. The van der Waals surface area contributed by atoms with Gasteiger partial charge in [-0.15, -0.1) is 12.4 Å². The molecule has 2 aromatic rings. The first-order valence-corrected chi connectivity index (χ1v) is 9.26. The number of hydrogen-bond donors (Lipinski definition) is 1. The summed E-state index contributed by atoms with van der Waals surface area (Å²) in [4.78, 5) is 15.7. The van der Waals surface area contributed by atoms with Gasteiger partial charge < -0.3 is 10.2 Å². The van der Waals surface area contributed by atoms with Crippen LogP contribution in [0.25, 0.3) is 0 Å². The number of carbonyl (C=O) groups is 1. The zero-order valence-corrected chi connectivity index (χ0v) is 16.5. The van der Waals surface area contributed by atoms with E-state index in [4.69, 9.17) is 0 Å². The van der Waals surface area contributed by atoms with Crippen LogP contribution in [0.2, 0.25) is 0 Å². The predicted molar refractivity (Wildman–Crippen MR) is 110 cm³/mol. The van der Waals surface area contributed by atoms with Gasteiger partial charge in [0.2, 0.25) is 5.91 Å². The van der Waals surface area contributed by atoms with Gasteiger partial charge in [-0.3, -0.25) is 4.79 Å². The number of benzene rings is 2. The Labute approximate surface area is 163 Å². The van der Waals surface area contributed by atoms with Crippen LogP contribution in [0.1, 0.15) is 37.3 Å². The topological polar surface area (TPSA) is 32.3 Å². The van der Waals surface area contributed by atoms with E-state index in [1.54, 1.807) is 7.05 Å². The number of nitrogens with zero attached hydrogens (tertiary/aromatic N) is 1. The molecule has 1 N–H and O–H groups in total. The second-order valence-corrected chi connectivity index (χ2v) is 6.99. The Morgan fingerprint density at radius 2 is 1.62 bits per heavy atom. The minimum absolute atomic E-state index is 0. The number of nitrogens with one attached hydrogen (secondary N) is 1. The van der Waals surface area contributed by atoms with E-state index in [2.05, 4.69) is 41.4 Å². The van der Waals surface area contributed by atoms with Crippen LogP contribution >= 0.6 is 12.4 Å². The van der Waals surface area contributed by atoms with Gasteiger partial charge in [0.05, 0.1) is 0 Å². The number of halogens is 1. The lowest BCUT2D eigenvalue weighted by Crippen LogP contribution is -2.46. The molecule has 4 heteroatoms. The Hall–Kier alpha value is -1.84. The molecule has 0 spiro atoms. The monoisotopic (exact) mass is 372 g/mol. The van der Waals surface area contributed by atoms with Crippen LogP contribution in [0.4, 0.5) is 0 Å². The van der Waals surface area contributed by atoms with E-state index in [-0.39, 0.29) is 18.3 Å². The fourth-order valence-corrected chi connectivity index (χ4v) is 4.13. The summed E-state index contributed by atoms with van der Waals surface area (Å²) < 4.78 is 0. The SMILES string of the molecule is CNC(=O)C(CCN1CCCC1C)(c1ccccc1)c1ccccc1.Cl. The quantitative estimate of drug-likeness (QED) is 0.830. The lowest BCUT2D eigenvalue weighted by Gasteiger charge is -2.35. The van der Waals surface area contributed by atoms with Crippen molar-refractivity contribution in [3.05, 3.63) is 71.8 Å². The van der Waals surface area contributed by atoms with Gasteiger partial charge in [0.15, 0.2) is 0 Å². The molecule has 0 radical (unpaired) electrons. The Bertz CT molecular complexity index is 650. The standard InChI is InChI=1S/C22H28N2O.ClH/c1-18-10-9-16-24(18)17-15-22(21(25)23-2,19-11-5-3-6-12-19)20-13-7-4-8-14-20;/h3-8,11-14,18H,9-10,15-17H2,1-2H3,(H,23,25);1H. The smallest absolute Gasteiger partial charge is 0.234 e. The van der Waals surface area contributed by atoms with Gasteiger partial charge in [0.1, 0.15) is 5.41 Å². The Morgan fingerprint density at radius 3 is 2.04 bits per heavy atom. The molecule has 1 aliphatic heterocycles. The third-order valence-corrected chi connectivity index (χ3v) is 5.61. The fraction of sp³-hybridized carbons (Fsp3) is 0.409. The zero-order valence-electron chi connectivity index (χ0n) is 15.7. The van der Waals surface area contributed by atoms with Gasteiger partial charge in [-0.2, -0.15) is 0 Å². The van der Waals surface area contributed by atoms with Crippen LogP contribution in [-0.2, 0) is 10.2 Å². The Balaban J connectivity index is 0.00000243. The molecule has 1 heterocycles. The summed E-state index contributed by atoms with van der Waals surface area (Å²) >= 11 is 0. The van der Waals surface area contributed by atoms with E-state index >= 15 is 0 Å². The molecule has 26 heavy (non-hydrogen) atoms. The molecule has 1 fully saturated rings. The zero-order chi connectivity index (χ0) is 17.7. The van der Waals surface area contributed by atoms with E-state index in [0.29, 0.717) is 6.04 Å². The Kier molecular flexibility index (Phi) is 7.24. The van der Waals surface area contributed by atoms with Crippen molar-refractivity contribution in [1.82, 2.24) is 10.2 Å². The van der Waals surface area contributed by atoms with Crippen molar-refractivity contribution in [3.8, 4) is 0 Å². The molecular weight excluding hydrogens is 344 g/mol. The first kappa shape index (κ1) is 20.5. The average Bonchev–Trinajstić information content (AvgIpc) is 3.08. The number of likely N-dealkylation sites (N-methyl/N-ethyl adjacent to an activating group) is 1. The van der Waals surface area contributed by atoms with Gasteiger partial charge >= 0.3 is 0 Å². The maximum Gasteiger partial charge on any atom is 0.234 e. The van der Waals surface area contributed by atoms with Crippen molar-refractivity contribution in [2.24, 2.45) is 0 Å². The number of rotatable bonds is 6. The van der Waals surface area contributed by atoms with E-state index < -0.39 is 5.41 Å². The maximum atomic E-state index is 13.2. The van der Waals surface area contributed by atoms with Crippen molar-refractivity contribution >= 4 is 18.3 Å². The Morgan fingerprint density at radius 1 is 1.08 bits per heavy atom. The van der Waals surface area contributed by atoms with Crippen molar-refractivity contribution in [2.45, 2.75) is 37.6 Å². The third kappa shape index (κ3) is 3.94. The van der Waals surface area contributed by atoms with Crippen molar-refractivity contribution in [1.29, 1.82) is 0 Å². The van der Waals surface area contributed by atoms with E-state index in [9.17, 15) is 4.79 Å². The van der Waals surface area contributed by atoms with Gasteiger partial charge in [-0.05, 0) is 43.9 Å². The third-order valence-electron chi connectivity index (χ3n) is 5.61. The van der Waals surface area contributed by atoms with Gasteiger partial charge in [0, 0.05) is 19.6 Å². The van der Waals surface area contributed by atoms with Crippen LogP contribution in [0.5, 0.6) is 0 Å². The second kappa shape index (κ2) is 9.20. The number of amides is 1. The molecule has 1 saturated heterocycles. The van der Waals surface area contributed by atoms with Crippen molar-refractivity contribution in [2.75, 3.05) is 20.1 Å². The normalized spacial score (nSPS) is 17.5. The van der Waals surface area contributed by atoms with Crippen LogP contribution < -0.4 is 5.32 Å². The van der Waals surface area contributed by atoms with E-state index in [1.807, 2.05) is 36.4 Å². The van der Waals surface area contributed by atoms with Crippen LogP contribution in [0.15, 0.2) is 60.7 Å². The molecule has 0 aliphatic carbocycles. The van der Waals surface area contributed by atoms with Crippen molar-refractivity contribution < 1.29 is 4.79 Å². The average molecular weight is 373 g/mol. The molecule has 0 bridgehead atoms. The largest absolute Gasteiger partial charge is 0.358 e. The number of hydrogen-bond acceptors (Lipinski definition) is 2. The first-order valence-electron chi connectivity index (χ1n) is 9.26. The molecule has 3 nitrogen and oxygen atoms in total. The highest BCUT2D eigenvalue weighted by Crippen LogP contribution is 2.37. The van der Waals surface area contributed by atoms with Crippen molar-refractivity contribution in [3.63, 3.8) is 0 Å². The molecule has 1 aliphatic rings. The summed E-state index contributed by atoms with van der Waals surface area (Å²) in [7, 11) is 1.74. The van der Waals surface area contributed by atoms with Gasteiger partial charge in [-0.25, -0.2) is 0 Å². The summed E-state index contributed by atoms with van der Waals surface area (Å²) in [5.41, 5.74) is 1.47. The van der Waals surface area contributed by atoms with Gasteiger partial charge in [-0.1, -0.05) is 60.7 Å². The fourth-order valence-electron chi connectivity index (χ4n) is 4.13. The predicted octanol–water partition coefficient (Wildman–Crippen LogP) is 4.01.